The van der Waals surface area contributed by atoms with Crippen LogP contribution in [-0.4, -0.2) is 33.5 Å². The highest BCUT2D eigenvalue weighted by molar-refractivity contribution is 7.09. The number of rotatable bonds is 4. The zero-order valence-corrected chi connectivity index (χ0v) is 10.5. The molecule has 1 saturated heterocycles. The number of aliphatic carboxylic acids is 1. The van der Waals surface area contributed by atoms with Crippen LogP contribution >= 0.6 is 11.5 Å². The summed E-state index contributed by atoms with van der Waals surface area (Å²) in [5.41, 5.74) is 0. The van der Waals surface area contributed by atoms with Crippen molar-refractivity contribution in [1.29, 1.82) is 0 Å². The molecule has 1 unspecified atom stereocenters. The summed E-state index contributed by atoms with van der Waals surface area (Å²) in [4.78, 5) is 17.5. The van der Waals surface area contributed by atoms with E-state index >= 15 is 0 Å². The van der Waals surface area contributed by atoms with Gasteiger partial charge in [0, 0.05) is 36.5 Å². The van der Waals surface area contributed by atoms with Gasteiger partial charge in [-0.2, -0.15) is 4.37 Å². The van der Waals surface area contributed by atoms with Crippen LogP contribution in [-0.2, 0) is 4.79 Å². The molecule has 6 heteroatoms. The second-order valence-corrected chi connectivity index (χ2v) is 5.73. The summed E-state index contributed by atoms with van der Waals surface area (Å²) in [6.07, 6.45) is 2.43. The molecule has 3 rings (SSSR count). The second-order valence-electron chi connectivity index (χ2n) is 5.00. The highest BCUT2D eigenvalue weighted by atomic mass is 32.1. The number of carboxylic acid groups (broad SMARTS) is 1. The van der Waals surface area contributed by atoms with Crippen molar-refractivity contribution in [3.05, 3.63) is 5.82 Å². The van der Waals surface area contributed by atoms with E-state index in [2.05, 4.69) is 14.3 Å². The van der Waals surface area contributed by atoms with Crippen molar-refractivity contribution in [3.8, 4) is 0 Å². The molecule has 2 heterocycles. The van der Waals surface area contributed by atoms with Gasteiger partial charge in [0.2, 0.25) is 5.13 Å². The predicted molar refractivity (Wildman–Crippen MR) is 64.4 cm³/mol. The SMILES string of the molecule is CC(C(=O)O)C1CN(c2nc(C3CC3)ns2)C1. The molecule has 5 nitrogen and oxygen atoms in total. The topological polar surface area (TPSA) is 66.3 Å². The summed E-state index contributed by atoms with van der Waals surface area (Å²) in [5.74, 6) is 0.864. The molecular weight excluding hydrogens is 238 g/mol. The first kappa shape index (κ1) is 11.0. The molecule has 0 bridgehead atoms. The number of carboxylic acids is 1. The molecule has 2 aliphatic rings. The molecule has 1 aromatic rings. The smallest absolute Gasteiger partial charge is 0.306 e. The Morgan fingerprint density at radius 1 is 1.53 bits per heavy atom. The maximum absolute atomic E-state index is 10.8. The summed E-state index contributed by atoms with van der Waals surface area (Å²) >= 11 is 1.44. The molecule has 0 radical (unpaired) electrons. The van der Waals surface area contributed by atoms with E-state index < -0.39 is 5.97 Å². The van der Waals surface area contributed by atoms with Gasteiger partial charge < -0.3 is 10.0 Å². The molecule has 2 fully saturated rings. The lowest BCUT2D eigenvalue weighted by Gasteiger charge is -2.40. The highest BCUT2D eigenvalue weighted by Crippen LogP contribution is 2.40. The van der Waals surface area contributed by atoms with Gasteiger partial charge in [0.1, 0.15) is 5.82 Å². The maximum atomic E-state index is 10.8. The Morgan fingerprint density at radius 3 is 2.82 bits per heavy atom. The minimum Gasteiger partial charge on any atom is -0.481 e. The minimum atomic E-state index is -0.703. The van der Waals surface area contributed by atoms with Crippen LogP contribution in [0.5, 0.6) is 0 Å². The van der Waals surface area contributed by atoms with Gasteiger partial charge in [-0.25, -0.2) is 4.98 Å². The molecule has 0 aromatic carbocycles. The van der Waals surface area contributed by atoms with E-state index in [0.29, 0.717) is 5.92 Å². The van der Waals surface area contributed by atoms with Crippen LogP contribution in [0.1, 0.15) is 31.5 Å². The van der Waals surface area contributed by atoms with E-state index in [-0.39, 0.29) is 11.8 Å². The fourth-order valence-electron chi connectivity index (χ4n) is 2.05. The van der Waals surface area contributed by atoms with Gasteiger partial charge in [0.15, 0.2) is 0 Å². The third-order valence-electron chi connectivity index (χ3n) is 3.65. The number of anilines is 1. The van der Waals surface area contributed by atoms with Gasteiger partial charge >= 0.3 is 5.97 Å². The van der Waals surface area contributed by atoms with Crippen LogP contribution in [0, 0.1) is 11.8 Å². The van der Waals surface area contributed by atoms with Crippen LogP contribution in [0.2, 0.25) is 0 Å². The molecule has 1 atom stereocenters. The first-order valence-electron chi connectivity index (χ1n) is 5.96. The fourth-order valence-corrected chi connectivity index (χ4v) is 2.81. The molecular formula is C11H15N3O2S. The summed E-state index contributed by atoms with van der Waals surface area (Å²) in [7, 11) is 0. The third-order valence-corrected chi connectivity index (χ3v) is 4.44. The summed E-state index contributed by atoms with van der Waals surface area (Å²) in [5, 5.41) is 9.87. The van der Waals surface area contributed by atoms with E-state index in [4.69, 9.17) is 5.11 Å². The Balaban J connectivity index is 1.58. The lowest BCUT2D eigenvalue weighted by Crippen LogP contribution is -2.51. The lowest BCUT2D eigenvalue weighted by atomic mass is 9.87. The van der Waals surface area contributed by atoms with Crippen molar-refractivity contribution in [1.82, 2.24) is 9.36 Å². The van der Waals surface area contributed by atoms with Crippen LogP contribution in [0.3, 0.4) is 0 Å². The van der Waals surface area contributed by atoms with Crippen molar-refractivity contribution in [2.75, 3.05) is 18.0 Å². The van der Waals surface area contributed by atoms with Crippen LogP contribution in [0.25, 0.3) is 0 Å². The van der Waals surface area contributed by atoms with Crippen LogP contribution in [0.15, 0.2) is 0 Å². The largest absolute Gasteiger partial charge is 0.481 e. The quantitative estimate of drug-likeness (QED) is 0.882. The van der Waals surface area contributed by atoms with Gasteiger partial charge in [-0.05, 0) is 12.8 Å². The normalized spacial score (nSPS) is 22.3. The molecule has 0 amide bonds. The van der Waals surface area contributed by atoms with Crippen molar-refractivity contribution >= 4 is 22.6 Å². The first-order valence-corrected chi connectivity index (χ1v) is 6.74. The monoisotopic (exact) mass is 253 g/mol. The zero-order chi connectivity index (χ0) is 12.0. The third kappa shape index (κ3) is 2.01. The van der Waals surface area contributed by atoms with Crippen molar-refractivity contribution in [2.24, 2.45) is 11.8 Å². The van der Waals surface area contributed by atoms with Gasteiger partial charge in [0.25, 0.3) is 0 Å². The van der Waals surface area contributed by atoms with Gasteiger partial charge in [0.05, 0.1) is 5.92 Å². The minimum absolute atomic E-state index is 0.251. The number of hydrogen-bond donors (Lipinski definition) is 1. The molecule has 0 spiro atoms. The van der Waals surface area contributed by atoms with Gasteiger partial charge in [-0.3, -0.25) is 4.79 Å². The summed E-state index contributed by atoms with van der Waals surface area (Å²) < 4.78 is 4.36. The van der Waals surface area contributed by atoms with E-state index in [1.165, 1.54) is 24.4 Å². The molecule has 17 heavy (non-hydrogen) atoms. The molecule has 92 valence electrons. The van der Waals surface area contributed by atoms with Gasteiger partial charge in [-0.1, -0.05) is 6.92 Å². The number of nitrogens with zero attached hydrogens (tertiary/aromatic N) is 3. The molecule has 1 aromatic heterocycles. The standard InChI is InChI=1S/C11H15N3O2S/c1-6(10(15)16)8-4-14(5-8)11-12-9(13-17-11)7-2-3-7/h6-8H,2-5H2,1H3,(H,15,16). The zero-order valence-electron chi connectivity index (χ0n) is 9.67. The summed E-state index contributed by atoms with van der Waals surface area (Å²) in [6, 6.07) is 0. The highest BCUT2D eigenvalue weighted by Gasteiger charge is 2.37. The van der Waals surface area contributed by atoms with Crippen molar-refractivity contribution in [3.63, 3.8) is 0 Å². The van der Waals surface area contributed by atoms with Crippen LogP contribution in [0.4, 0.5) is 5.13 Å². The lowest BCUT2D eigenvalue weighted by molar-refractivity contribution is -0.143. The van der Waals surface area contributed by atoms with Gasteiger partial charge in [-0.15, -0.1) is 0 Å². The van der Waals surface area contributed by atoms with Crippen molar-refractivity contribution in [2.45, 2.75) is 25.7 Å². The Labute approximate surface area is 104 Å². The molecule has 1 N–H and O–H groups in total. The molecule has 1 aliphatic heterocycles. The molecule has 1 aliphatic carbocycles. The summed E-state index contributed by atoms with van der Waals surface area (Å²) in [6.45, 7) is 3.37. The fraction of sp³-hybridized carbons (Fsp3) is 0.727. The Morgan fingerprint density at radius 2 is 2.24 bits per heavy atom. The van der Waals surface area contributed by atoms with Crippen LogP contribution < -0.4 is 4.90 Å². The average Bonchev–Trinajstić information content (AvgIpc) is 2.97. The number of aromatic nitrogens is 2. The van der Waals surface area contributed by atoms with Crippen molar-refractivity contribution < 1.29 is 9.90 Å². The Hall–Kier alpha value is -1.17. The number of carbonyl (C=O) groups is 1. The van der Waals surface area contributed by atoms with E-state index in [0.717, 1.165) is 24.0 Å². The average molecular weight is 253 g/mol. The first-order chi connectivity index (χ1) is 8.15. The van der Waals surface area contributed by atoms with E-state index in [1.54, 1.807) is 6.92 Å². The second kappa shape index (κ2) is 3.94. The number of hydrogen-bond acceptors (Lipinski definition) is 5. The van der Waals surface area contributed by atoms with E-state index in [9.17, 15) is 4.79 Å². The predicted octanol–water partition coefficient (Wildman–Crippen LogP) is 1.57. The Kier molecular flexibility index (Phi) is 2.54. The molecule has 1 saturated carbocycles. The Bertz CT molecular complexity index is 438. The maximum Gasteiger partial charge on any atom is 0.306 e. The van der Waals surface area contributed by atoms with E-state index in [1.807, 2.05) is 0 Å².